The molecule has 0 amide bonds. The molecule has 1 unspecified atom stereocenters. The molecule has 0 saturated carbocycles. The lowest BCUT2D eigenvalue weighted by Gasteiger charge is -2.16. The fraction of sp³-hybridized carbons (Fsp3) is 0.455. The summed E-state index contributed by atoms with van der Waals surface area (Å²) in [5, 5.41) is 9.31. The molecule has 1 aromatic carbocycles. The zero-order valence-electron chi connectivity index (χ0n) is 10.4. The lowest BCUT2D eigenvalue weighted by atomic mass is 10.1. The Kier molecular flexibility index (Phi) is 5.11. The standard InChI is InChI=1S/C11H13F4NO3S/c1-7(17)8-3-2-4-9(5-8)20(18,19)16-6-11(14,15)10(12)13/h2-5,7,10,16-17H,6H2,1H3. The van der Waals surface area contributed by atoms with Crippen molar-refractivity contribution in [2.45, 2.75) is 30.3 Å². The van der Waals surface area contributed by atoms with E-state index in [0.717, 1.165) is 12.1 Å². The molecular weight excluding hydrogens is 302 g/mol. The van der Waals surface area contributed by atoms with Crippen LogP contribution in [0, 0.1) is 0 Å². The first-order chi connectivity index (χ1) is 9.06. The van der Waals surface area contributed by atoms with Gasteiger partial charge in [-0.15, -0.1) is 0 Å². The Hall–Kier alpha value is -1.19. The first-order valence-corrected chi connectivity index (χ1v) is 6.98. The number of rotatable bonds is 6. The molecule has 1 rings (SSSR count). The number of aliphatic hydroxyl groups is 1. The maximum Gasteiger partial charge on any atom is 0.320 e. The number of hydrogen-bond acceptors (Lipinski definition) is 3. The van der Waals surface area contributed by atoms with Crippen molar-refractivity contribution in [2.75, 3.05) is 6.54 Å². The largest absolute Gasteiger partial charge is 0.389 e. The SMILES string of the molecule is CC(O)c1cccc(S(=O)(=O)NCC(F)(F)C(F)F)c1. The van der Waals surface area contributed by atoms with Crippen LogP contribution >= 0.6 is 0 Å². The molecule has 20 heavy (non-hydrogen) atoms. The molecule has 9 heteroatoms. The second-order valence-electron chi connectivity index (χ2n) is 4.13. The van der Waals surface area contributed by atoms with Crippen molar-refractivity contribution in [3.8, 4) is 0 Å². The minimum Gasteiger partial charge on any atom is -0.389 e. The van der Waals surface area contributed by atoms with E-state index >= 15 is 0 Å². The third-order valence-corrected chi connectivity index (χ3v) is 3.87. The van der Waals surface area contributed by atoms with Gasteiger partial charge in [0.2, 0.25) is 10.0 Å². The quantitative estimate of drug-likeness (QED) is 0.788. The van der Waals surface area contributed by atoms with E-state index in [1.54, 1.807) is 0 Å². The normalized spacial score (nSPS) is 14.6. The van der Waals surface area contributed by atoms with Crippen molar-refractivity contribution in [3.05, 3.63) is 29.8 Å². The van der Waals surface area contributed by atoms with Crippen molar-refractivity contribution < 1.29 is 31.1 Å². The van der Waals surface area contributed by atoms with Gasteiger partial charge in [0.1, 0.15) is 0 Å². The third-order valence-electron chi connectivity index (χ3n) is 2.47. The first-order valence-electron chi connectivity index (χ1n) is 5.50. The maximum absolute atomic E-state index is 12.7. The number of alkyl halides is 4. The van der Waals surface area contributed by atoms with Crippen LogP contribution in [0.3, 0.4) is 0 Å². The number of halogens is 4. The van der Waals surface area contributed by atoms with E-state index in [-0.39, 0.29) is 10.5 Å². The van der Waals surface area contributed by atoms with Gasteiger partial charge in [-0.1, -0.05) is 12.1 Å². The Morgan fingerprint density at radius 2 is 1.95 bits per heavy atom. The Balaban J connectivity index is 2.92. The minimum atomic E-state index is -4.45. The van der Waals surface area contributed by atoms with Crippen LogP contribution in [0.5, 0.6) is 0 Å². The van der Waals surface area contributed by atoms with Gasteiger partial charge >= 0.3 is 12.3 Å². The third kappa shape index (κ3) is 4.15. The molecule has 0 aliphatic rings. The number of benzene rings is 1. The van der Waals surface area contributed by atoms with Crippen molar-refractivity contribution >= 4 is 10.0 Å². The summed E-state index contributed by atoms with van der Waals surface area (Å²) in [6.45, 7) is -0.310. The van der Waals surface area contributed by atoms with Gasteiger partial charge < -0.3 is 5.11 Å². The van der Waals surface area contributed by atoms with E-state index < -0.39 is 35.0 Å². The Labute approximate surface area is 113 Å². The summed E-state index contributed by atoms with van der Waals surface area (Å²) in [7, 11) is -4.36. The van der Waals surface area contributed by atoms with Gasteiger partial charge in [-0.3, -0.25) is 0 Å². The summed E-state index contributed by atoms with van der Waals surface area (Å²) < 4.78 is 74.1. The van der Waals surface area contributed by atoms with Crippen LogP contribution in [0.1, 0.15) is 18.6 Å². The summed E-state index contributed by atoms with van der Waals surface area (Å²) in [5.74, 6) is -4.45. The highest BCUT2D eigenvalue weighted by atomic mass is 32.2. The first kappa shape index (κ1) is 16.9. The molecule has 0 heterocycles. The minimum absolute atomic E-state index is 0.258. The molecule has 2 N–H and O–H groups in total. The van der Waals surface area contributed by atoms with Crippen LogP contribution in [-0.4, -0.2) is 32.4 Å². The Morgan fingerprint density at radius 1 is 1.35 bits per heavy atom. The van der Waals surface area contributed by atoms with Crippen LogP contribution in [0.15, 0.2) is 29.2 Å². The number of sulfonamides is 1. The van der Waals surface area contributed by atoms with E-state index in [4.69, 9.17) is 0 Å². The van der Waals surface area contributed by atoms with Crippen molar-refractivity contribution in [1.82, 2.24) is 4.72 Å². The van der Waals surface area contributed by atoms with Gasteiger partial charge in [-0.25, -0.2) is 21.9 Å². The highest BCUT2D eigenvalue weighted by molar-refractivity contribution is 7.89. The monoisotopic (exact) mass is 315 g/mol. The second kappa shape index (κ2) is 6.06. The average molecular weight is 315 g/mol. The maximum atomic E-state index is 12.7. The summed E-state index contributed by atoms with van der Waals surface area (Å²) in [5.41, 5.74) is 0.258. The smallest absolute Gasteiger partial charge is 0.320 e. The molecule has 0 aliphatic heterocycles. The molecule has 0 fully saturated rings. The zero-order chi connectivity index (χ0) is 15.6. The lowest BCUT2D eigenvalue weighted by Crippen LogP contribution is -2.41. The lowest BCUT2D eigenvalue weighted by molar-refractivity contribution is -0.122. The molecule has 0 aliphatic carbocycles. The van der Waals surface area contributed by atoms with Crippen molar-refractivity contribution in [2.24, 2.45) is 0 Å². The van der Waals surface area contributed by atoms with Gasteiger partial charge in [0, 0.05) is 0 Å². The number of hydrogen-bond donors (Lipinski definition) is 2. The summed E-state index contributed by atoms with van der Waals surface area (Å²) in [6, 6.07) is 4.93. The zero-order valence-corrected chi connectivity index (χ0v) is 11.2. The highest BCUT2D eigenvalue weighted by Gasteiger charge is 2.41. The van der Waals surface area contributed by atoms with Crippen LogP contribution < -0.4 is 4.72 Å². The second-order valence-corrected chi connectivity index (χ2v) is 5.90. The molecule has 4 nitrogen and oxygen atoms in total. The molecule has 0 radical (unpaired) electrons. The fourth-order valence-electron chi connectivity index (χ4n) is 1.29. The molecule has 0 spiro atoms. The van der Waals surface area contributed by atoms with Gasteiger partial charge in [0.25, 0.3) is 0 Å². The average Bonchev–Trinajstić information content (AvgIpc) is 2.36. The van der Waals surface area contributed by atoms with E-state index in [1.165, 1.54) is 23.8 Å². The molecule has 0 saturated heterocycles. The Bertz CT molecular complexity index is 561. The molecule has 0 bridgehead atoms. The number of nitrogens with one attached hydrogen (secondary N) is 1. The molecule has 114 valence electrons. The molecule has 0 aromatic heterocycles. The van der Waals surface area contributed by atoms with Gasteiger partial charge in [-0.2, -0.15) is 8.78 Å². The van der Waals surface area contributed by atoms with E-state index in [0.29, 0.717) is 0 Å². The van der Waals surface area contributed by atoms with Gasteiger partial charge in [0.15, 0.2) is 0 Å². The van der Waals surface area contributed by atoms with Crippen LogP contribution in [0.4, 0.5) is 17.6 Å². The van der Waals surface area contributed by atoms with E-state index in [9.17, 15) is 31.1 Å². The fourth-order valence-corrected chi connectivity index (χ4v) is 2.39. The predicted molar refractivity (Wildman–Crippen MR) is 63.2 cm³/mol. The van der Waals surface area contributed by atoms with E-state index in [1.807, 2.05) is 0 Å². The number of aliphatic hydroxyl groups excluding tert-OH is 1. The summed E-state index contributed by atoms with van der Waals surface area (Å²) in [4.78, 5) is -0.388. The topological polar surface area (TPSA) is 66.4 Å². The van der Waals surface area contributed by atoms with Crippen LogP contribution in [-0.2, 0) is 10.0 Å². The molecule has 1 aromatic rings. The van der Waals surface area contributed by atoms with Crippen LogP contribution in [0.2, 0.25) is 0 Å². The molecule has 1 atom stereocenters. The predicted octanol–water partition coefficient (Wildman–Crippen LogP) is 1.92. The summed E-state index contributed by atoms with van der Waals surface area (Å²) in [6.07, 6.45) is -4.92. The van der Waals surface area contributed by atoms with Crippen LogP contribution in [0.25, 0.3) is 0 Å². The van der Waals surface area contributed by atoms with E-state index in [2.05, 4.69) is 0 Å². The summed E-state index contributed by atoms with van der Waals surface area (Å²) >= 11 is 0. The van der Waals surface area contributed by atoms with Crippen molar-refractivity contribution in [3.63, 3.8) is 0 Å². The Morgan fingerprint density at radius 3 is 2.45 bits per heavy atom. The molecular formula is C11H13F4NO3S. The van der Waals surface area contributed by atoms with Gasteiger partial charge in [-0.05, 0) is 24.6 Å². The van der Waals surface area contributed by atoms with Gasteiger partial charge in [0.05, 0.1) is 17.5 Å². The highest BCUT2D eigenvalue weighted by Crippen LogP contribution is 2.23. The van der Waals surface area contributed by atoms with Crippen molar-refractivity contribution in [1.29, 1.82) is 0 Å².